The molecule has 0 aromatic heterocycles. The van der Waals surface area contributed by atoms with Gasteiger partial charge in [-0.1, -0.05) is 13.8 Å². The third kappa shape index (κ3) is 4.40. The fourth-order valence-electron chi connectivity index (χ4n) is 2.06. The fourth-order valence-corrected chi connectivity index (χ4v) is 2.06. The number of rotatable bonds is 5. The van der Waals surface area contributed by atoms with Gasteiger partial charge in [0.05, 0.1) is 0 Å². The van der Waals surface area contributed by atoms with Crippen LogP contribution in [0.4, 0.5) is 4.79 Å². The number of carbonyl (C=O) groups is 3. The lowest BCUT2D eigenvalue weighted by atomic mass is 10.2. The molecular formula is C13H23N3O4. The van der Waals surface area contributed by atoms with E-state index < -0.39 is 24.1 Å². The average Bonchev–Trinajstić information content (AvgIpc) is 2.84. The molecule has 1 aliphatic heterocycles. The minimum absolute atomic E-state index is 0.266. The predicted molar refractivity (Wildman–Crippen MR) is 73.2 cm³/mol. The number of nitrogens with one attached hydrogen (secondary N) is 2. The van der Waals surface area contributed by atoms with Gasteiger partial charge in [0.1, 0.15) is 12.1 Å². The van der Waals surface area contributed by atoms with Gasteiger partial charge in [-0.25, -0.2) is 9.59 Å². The third-order valence-electron chi connectivity index (χ3n) is 3.22. The summed E-state index contributed by atoms with van der Waals surface area (Å²) in [5, 5.41) is 14.3. The molecule has 0 radical (unpaired) electrons. The van der Waals surface area contributed by atoms with Crippen molar-refractivity contribution < 1.29 is 19.5 Å². The van der Waals surface area contributed by atoms with Gasteiger partial charge < -0.3 is 20.6 Å². The van der Waals surface area contributed by atoms with E-state index in [1.165, 1.54) is 4.90 Å². The van der Waals surface area contributed by atoms with Gasteiger partial charge in [-0.15, -0.1) is 0 Å². The Kier molecular flexibility index (Phi) is 5.79. The lowest BCUT2D eigenvalue weighted by Gasteiger charge is -2.24. The highest BCUT2D eigenvalue weighted by molar-refractivity contribution is 5.88. The number of nitrogens with zero attached hydrogens (tertiary/aromatic N) is 1. The highest BCUT2D eigenvalue weighted by Gasteiger charge is 2.34. The molecule has 3 N–H and O–H groups in total. The first-order valence-electron chi connectivity index (χ1n) is 6.90. The number of carbonyl (C=O) groups excluding carboxylic acids is 2. The highest BCUT2D eigenvalue weighted by atomic mass is 16.4. The van der Waals surface area contributed by atoms with E-state index >= 15 is 0 Å². The van der Waals surface area contributed by atoms with E-state index in [0.29, 0.717) is 31.8 Å². The summed E-state index contributed by atoms with van der Waals surface area (Å²) in [4.78, 5) is 36.0. The Balaban J connectivity index is 2.48. The van der Waals surface area contributed by atoms with Crippen LogP contribution in [0.25, 0.3) is 0 Å². The number of urea groups is 1. The van der Waals surface area contributed by atoms with Gasteiger partial charge in [0.2, 0.25) is 5.91 Å². The summed E-state index contributed by atoms with van der Waals surface area (Å²) in [6.07, 6.45) is 1.12. The Labute approximate surface area is 118 Å². The van der Waals surface area contributed by atoms with E-state index in [0.717, 1.165) is 0 Å². The first-order valence-corrected chi connectivity index (χ1v) is 6.90. The first-order chi connectivity index (χ1) is 9.32. The molecule has 114 valence electrons. The normalized spacial score (nSPS) is 19.8. The van der Waals surface area contributed by atoms with E-state index in [9.17, 15) is 14.4 Å². The molecule has 1 unspecified atom stereocenters. The molecule has 1 fully saturated rings. The molecule has 7 heteroatoms. The topological polar surface area (TPSA) is 98.7 Å². The lowest BCUT2D eigenvalue weighted by Crippen LogP contribution is -2.52. The minimum atomic E-state index is -1.01. The molecule has 7 nitrogen and oxygen atoms in total. The zero-order valence-corrected chi connectivity index (χ0v) is 12.2. The van der Waals surface area contributed by atoms with Gasteiger partial charge >= 0.3 is 12.0 Å². The van der Waals surface area contributed by atoms with Crippen LogP contribution in [0.3, 0.4) is 0 Å². The van der Waals surface area contributed by atoms with Crippen LogP contribution in [0.5, 0.6) is 0 Å². The minimum Gasteiger partial charge on any atom is -0.480 e. The SMILES string of the molecule is CC(C)CNC(=O)C(C)NC(=O)N1CCC[C@H]1C(=O)O. The lowest BCUT2D eigenvalue weighted by molar-refractivity contribution is -0.141. The smallest absolute Gasteiger partial charge is 0.326 e. The second-order valence-electron chi connectivity index (χ2n) is 5.50. The molecule has 20 heavy (non-hydrogen) atoms. The number of hydrogen-bond donors (Lipinski definition) is 3. The first kappa shape index (κ1) is 16.3. The van der Waals surface area contributed by atoms with Crippen LogP contribution < -0.4 is 10.6 Å². The Morgan fingerprint density at radius 3 is 2.50 bits per heavy atom. The Morgan fingerprint density at radius 2 is 1.95 bits per heavy atom. The Morgan fingerprint density at radius 1 is 1.30 bits per heavy atom. The van der Waals surface area contributed by atoms with Crippen molar-refractivity contribution in [3.8, 4) is 0 Å². The van der Waals surface area contributed by atoms with Crippen molar-refractivity contribution in [2.24, 2.45) is 5.92 Å². The average molecular weight is 285 g/mol. The molecule has 3 amide bonds. The highest BCUT2D eigenvalue weighted by Crippen LogP contribution is 2.17. The molecule has 1 rings (SSSR count). The predicted octanol–water partition coefficient (Wildman–Crippen LogP) is 0.406. The molecule has 1 heterocycles. The number of amides is 3. The number of carboxylic acid groups (broad SMARTS) is 1. The Bertz CT molecular complexity index is 384. The summed E-state index contributed by atoms with van der Waals surface area (Å²) in [6.45, 7) is 6.49. The van der Waals surface area contributed by atoms with Crippen LogP contribution in [0.1, 0.15) is 33.6 Å². The molecule has 2 atom stereocenters. The summed E-state index contributed by atoms with van der Waals surface area (Å²) in [5.74, 6) is -0.940. The molecule has 0 aromatic rings. The maximum atomic E-state index is 12.0. The van der Waals surface area contributed by atoms with E-state index in [2.05, 4.69) is 10.6 Å². The third-order valence-corrected chi connectivity index (χ3v) is 3.22. The van der Waals surface area contributed by atoms with Gasteiger partial charge in [-0.3, -0.25) is 4.79 Å². The number of likely N-dealkylation sites (tertiary alicyclic amines) is 1. The van der Waals surface area contributed by atoms with Crippen molar-refractivity contribution >= 4 is 17.9 Å². The zero-order valence-electron chi connectivity index (χ0n) is 12.2. The maximum absolute atomic E-state index is 12.0. The Hall–Kier alpha value is -1.79. The number of hydrogen-bond acceptors (Lipinski definition) is 3. The fraction of sp³-hybridized carbons (Fsp3) is 0.769. The van der Waals surface area contributed by atoms with Crippen LogP contribution in [-0.4, -0.2) is 53.1 Å². The molecule has 0 bridgehead atoms. The second-order valence-corrected chi connectivity index (χ2v) is 5.50. The monoisotopic (exact) mass is 285 g/mol. The number of carboxylic acids is 1. The molecular weight excluding hydrogens is 262 g/mol. The van der Waals surface area contributed by atoms with Gasteiger partial charge in [-0.05, 0) is 25.7 Å². The van der Waals surface area contributed by atoms with Gasteiger partial charge in [0.25, 0.3) is 0 Å². The van der Waals surface area contributed by atoms with Crippen LogP contribution >= 0.6 is 0 Å². The van der Waals surface area contributed by atoms with Gasteiger partial charge in [0.15, 0.2) is 0 Å². The van der Waals surface area contributed by atoms with Crippen molar-refractivity contribution in [1.82, 2.24) is 15.5 Å². The van der Waals surface area contributed by atoms with Gasteiger partial charge in [-0.2, -0.15) is 0 Å². The van der Waals surface area contributed by atoms with Crippen LogP contribution in [0.15, 0.2) is 0 Å². The summed E-state index contributed by atoms with van der Waals surface area (Å²) >= 11 is 0. The zero-order chi connectivity index (χ0) is 15.3. The van der Waals surface area contributed by atoms with E-state index in [1.807, 2.05) is 13.8 Å². The largest absolute Gasteiger partial charge is 0.480 e. The molecule has 0 saturated carbocycles. The molecule has 0 spiro atoms. The second kappa shape index (κ2) is 7.12. The van der Waals surface area contributed by atoms with Crippen molar-refractivity contribution in [2.45, 2.75) is 45.7 Å². The van der Waals surface area contributed by atoms with Crippen molar-refractivity contribution in [3.05, 3.63) is 0 Å². The summed E-state index contributed by atoms with van der Waals surface area (Å²) in [6, 6.07) is -1.97. The number of aliphatic carboxylic acids is 1. The quantitative estimate of drug-likeness (QED) is 0.681. The summed E-state index contributed by atoms with van der Waals surface area (Å²) < 4.78 is 0. The van der Waals surface area contributed by atoms with Crippen LogP contribution in [0.2, 0.25) is 0 Å². The van der Waals surface area contributed by atoms with E-state index in [-0.39, 0.29) is 5.91 Å². The molecule has 0 aromatic carbocycles. The molecule has 1 aliphatic rings. The van der Waals surface area contributed by atoms with Crippen LogP contribution in [-0.2, 0) is 9.59 Å². The van der Waals surface area contributed by atoms with Crippen LogP contribution in [0, 0.1) is 5.92 Å². The molecule has 0 aliphatic carbocycles. The maximum Gasteiger partial charge on any atom is 0.326 e. The summed E-state index contributed by atoms with van der Waals surface area (Å²) in [7, 11) is 0. The van der Waals surface area contributed by atoms with Gasteiger partial charge in [0, 0.05) is 13.1 Å². The van der Waals surface area contributed by atoms with Crippen molar-refractivity contribution in [3.63, 3.8) is 0 Å². The van der Waals surface area contributed by atoms with E-state index in [4.69, 9.17) is 5.11 Å². The van der Waals surface area contributed by atoms with E-state index in [1.54, 1.807) is 6.92 Å². The summed E-state index contributed by atoms with van der Waals surface area (Å²) in [5.41, 5.74) is 0. The van der Waals surface area contributed by atoms with Crippen molar-refractivity contribution in [2.75, 3.05) is 13.1 Å². The molecule has 1 saturated heterocycles. The standard InChI is InChI=1S/C13H23N3O4/c1-8(2)7-14-11(17)9(3)15-13(20)16-6-4-5-10(16)12(18)19/h8-10H,4-7H2,1-3H3,(H,14,17)(H,15,20)(H,18,19)/t9?,10-/m0/s1. The van der Waals surface area contributed by atoms with Crippen molar-refractivity contribution in [1.29, 1.82) is 0 Å².